The number of benzene rings is 1. The number of rotatable bonds is 3. The number of carboxylic acid groups (broad SMARTS) is 1. The van der Waals surface area contributed by atoms with E-state index in [1.807, 2.05) is 12.1 Å². The van der Waals surface area contributed by atoms with E-state index in [-0.39, 0.29) is 11.8 Å². The Morgan fingerprint density at radius 3 is 2.91 bits per heavy atom. The molecule has 5 heteroatoms. The molecule has 1 aliphatic carbocycles. The number of hydrogen-bond acceptors (Lipinski definition) is 2. The summed E-state index contributed by atoms with van der Waals surface area (Å²) in [6.45, 7) is 3.54. The van der Waals surface area contributed by atoms with Gasteiger partial charge < -0.3 is 15.4 Å². The maximum absolute atomic E-state index is 12.4. The van der Waals surface area contributed by atoms with Crippen molar-refractivity contribution in [3.8, 4) is 0 Å². The van der Waals surface area contributed by atoms with Crippen LogP contribution in [0.15, 0.2) is 18.2 Å². The Bertz CT molecular complexity index is 748. The topological polar surface area (TPSA) is 82.2 Å². The Morgan fingerprint density at radius 2 is 2.18 bits per heavy atom. The van der Waals surface area contributed by atoms with Gasteiger partial charge in [0, 0.05) is 16.6 Å². The molecule has 0 saturated heterocycles. The highest BCUT2D eigenvalue weighted by atomic mass is 16.4. The fourth-order valence-electron chi connectivity index (χ4n) is 3.21. The Morgan fingerprint density at radius 1 is 1.41 bits per heavy atom. The minimum atomic E-state index is -1.02. The molecule has 1 heterocycles. The van der Waals surface area contributed by atoms with Gasteiger partial charge in [0.2, 0.25) is 5.91 Å². The predicted octanol–water partition coefficient (Wildman–Crippen LogP) is 2.49. The minimum Gasteiger partial charge on any atom is -0.480 e. The molecule has 116 valence electrons. The van der Waals surface area contributed by atoms with Crippen molar-refractivity contribution in [2.75, 3.05) is 0 Å². The summed E-state index contributed by atoms with van der Waals surface area (Å²) >= 11 is 0. The third-order valence-corrected chi connectivity index (χ3v) is 4.41. The van der Waals surface area contributed by atoms with E-state index in [1.54, 1.807) is 0 Å². The molecular formula is C17H20N2O3. The highest BCUT2D eigenvalue weighted by Gasteiger charge is 2.30. The van der Waals surface area contributed by atoms with Crippen LogP contribution in [0.5, 0.6) is 0 Å². The summed E-state index contributed by atoms with van der Waals surface area (Å²) in [5, 5.41) is 12.7. The Hall–Kier alpha value is -2.30. The van der Waals surface area contributed by atoms with Gasteiger partial charge >= 0.3 is 5.97 Å². The molecule has 2 aromatic rings. The molecule has 1 aromatic carbocycles. The van der Waals surface area contributed by atoms with Crippen molar-refractivity contribution >= 4 is 22.8 Å². The van der Waals surface area contributed by atoms with Crippen LogP contribution in [0.25, 0.3) is 10.9 Å². The number of carbonyl (C=O) groups excluding carboxylic acids is 1. The van der Waals surface area contributed by atoms with E-state index in [2.05, 4.69) is 23.3 Å². The average Bonchev–Trinajstić information content (AvgIpc) is 2.84. The summed E-state index contributed by atoms with van der Waals surface area (Å²) in [7, 11) is 0. The molecule has 1 aliphatic rings. The lowest BCUT2D eigenvalue weighted by Crippen LogP contribution is -2.41. The maximum atomic E-state index is 12.4. The number of aromatic nitrogens is 1. The first-order valence-electron chi connectivity index (χ1n) is 7.61. The van der Waals surface area contributed by atoms with E-state index in [0.29, 0.717) is 0 Å². The number of nitrogens with one attached hydrogen (secondary N) is 2. The lowest BCUT2D eigenvalue weighted by atomic mass is 9.86. The van der Waals surface area contributed by atoms with Crippen LogP contribution >= 0.6 is 0 Å². The van der Waals surface area contributed by atoms with Crippen molar-refractivity contribution in [2.45, 2.75) is 45.1 Å². The number of hydrogen-bond donors (Lipinski definition) is 3. The van der Waals surface area contributed by atoms with E-state index >= 15 is 0 Å². The third kappa shape index (κ3) is 2.47. The van der Waals surface area contributed by atoms with Gasteiger partial charge in [0.15, 0.2) is 0 Å². The summed E-state index contributed by atoms with van der Waals surface area (Å²) < 4.78 is 0. The first-order valence-corrected chi connectivity index (χ1v) is 7.61. The second-order valence-corrected chi connectivity index (χ2v) is 6.08. The van der Waals surface area contributed by atoms with Crippen LogP contribution in [0.3, 0.4) is 0 Å². The number of fused-ring (bicyclic) bond motifs is 3. The lowest BCUT2D eigenvalue weighted by molar-refractivity contribution is -0.141. The van der Waals surface area contributed by atoms with Gasteiger partial charge in [-0.2, -0.15) is 0 Å². The summed E-state index contributed by atoms with van der Waals surface area (Å²) in [6.07, 6.45) is 2.64. The number of aliphatic carboxylic acids is 1. The zero-order chi connectivity index (χ0) is 15.9. The number of aromatic amines is 1. The Kier molecular flexibility index (Phi) is 3.64. The SMILES string of the molecule is Cc1ccc2[nH]c3c(c2c1)CCCC3C(=O)NC(C)C(=O)O. The molecule has 2 unspecified atom stereocenters. The van der Waals surface area contributed by atoms with Crippen LogP contribution in [0.1, 0.15) is 42.5 Å². The fraction of sp³-hybridized carbons (Fsp3) is 0.412. The monoisotopic (exact) mass is 300 g/mol. The Balaban J connectivity index is 1.96. The average molecular weight is 300 g/mol. The van der Waals surface area contributed by atoms with Crippen molar-refractivity contribution in [2.24, 2.45) is 0 Å². The maximum Gasteiger partial charge on any atom is 0.325 e. The summed E-state index contributed by atoms with van der Waals surface area (Å²) in [4.78, 5) is 26.7. The van der Waals surface area contributed by atoms with Crippen molar-refractivity contribution in [1.82, 2.24) is 10.3 Å². The minimum absolute atomic E-state index is 0.209. The van der Waals surface area contributed by atoms with Gasteiger partial charge in [-0.3, -0.25) is 9.59 Å². The molecule has 0 saturated carbocycles. The molecule has 0 spiro atoms. The molecule has 0 fully saturated rings. The number of aryl methyl sites for hydroxylation is 2. The van der Waals surface area contributed by atoms with Crippen LogP contribution in [0.4, 0.5) is 0 Å². The second-order valence-electron chi connectivity index (χ2n) is 6.08. The van der Waals surface area contributed by atoms with Gasteiger partial charge in [-0.1, -0.05) is 11.6 Å². The standard InChI is InChI=1S/C17H20N2O3/c1-9-6-7-14-13(8-9)11-4-3-5-12(15(11)19-14)16(20)18-10(2)17(21)22/h6-8,10,12,19H,3-5H2,1-2H3,(H,18,20)(H,21,22). The van der Waals surface area contributed by atoms with E-state index < -0.39 is 12.0 Å². The predicted molar refractivity (Wildman–Crippen MR) is 84.0 cm³/mol. The van der Waals surface area contributed by atoms with Crippen LogP contribution in [0.2, 0.25) is 0 Å². The van der Waals surface area contributed by atoms with E-state index in [0.717, 1.165) is 30.5 Å². The fourth-order valence-corrected chi connectivity index (χ4v) is 3.21. The summed E-state index contributed by atoms with van der Waals surface area (Å²) in [5.41, 5.74) is 4.39. The summed E-state index contributed by atoms with van der Waals surface area (Å²) in [6, 6.07) is 5.36. The first-order chi connectivity index (χ1) is 10.5. The highest BCUT2D eigenvalue weighted by Crippen LogP contribution is 2.36. The number of carbonyl (C=O) groups is 2. The lowest BCUT2D eigenvalue weighted by Gasteiger charge is -2.23. The molecule has 3 rings (SSSR count). The van der Waals surface area contributed by atoms with Crippen LogP contribution in [0, 0.1) is 6.92 Å². The van der Waals surface area contributed by atoms with Crippen molar-refractivity contribution in [3.05, 3.63) is 35.0 Å². The molecule has 0 bridgehead atoms. The van der Waals surface area contributed by atoms with Crippen molar-refractivity contribution < 1.29 is 14.7 Å². The molecule has 3 N–H and O–H groups in total. The molecular weight excluding hydrogens is 280 g/mol. The molecule has 0 aliphatic heterocycles. The van der Waals surface area contributed by atoms with E-state index in [4.69, 9.17) is 5.11 Å². The second kappa shape index (κ2) is 5.48. The molecule has 1 amide bonds. The molecule has 5 nitrogen and oxygen atoms in total. The number of carboxylic acids is 1. The van der Waals surface area contributed by atoms with Gasteiger partial charge in [-0.15, -0.1) is 0 Å². The zero-order valence-electron chi connectivity index (χ0n) is 12.8. The summed E-state index contributed by atoms with van der Waals surface area (Å²) in [5.74, 6) is -1.52. The quantitative estimate of drug-likeness (QED) is 0.814. The normalized spacial score (nSPS) is 18.7. The molecule has 22 heavy (non-hydrogen) atoms. The largest absolute Gasteiger partial charge is 0.480 e. The van der Waals surface area contributed by atoms with E-state index in [9.17, 15) is 9.59 Å². The van der Waals surface area contributed by atoms with Crippen molar-refractivity contribution in [3.63, 3.8) is 0 Å². The molecule has 2 atom stereocenters. The van der Waals surface area contributed by atoms with Crippen molar-refractivity contribution in [1.29, 1.82) is 0 Å². The van der Waals surface area contributed by atoms with Gasteiger partial charge in [0.25, 0.3) is 0 Å². The number of amides is 1. The van der Waals surface area contributed by atoms with Crippen LogP contribution < -0.4 is 5.32 Å². The zero-order valence-corrected chi connectivity index (χ0v) is 12.8. The first kappa shape index (κ1) is 14.6. The third-order valence-electron chi connectivity index (χ3n) is 4.41. The van der Waals surface area contributed by atoms with E-state index in [1.165, 1.54) is 23.4 Å². The Labute approximate surface area is 128 Å². The van der Waals surface area contributed by atoms with Crippen LogP contribution in [-0.4, -0.2) is 28.0 Å². The van der Waals surface area contributed by atoms with Crippen LogP contribution in [-0.2, 0) is 16.0 Å². The van der Waals surface area contributed by atoms with Gasteiger partial charge in [-0.05, 0) is 50.8 Å². The van der Waals surface area contributed by atoms with Gasteiger partial charge in [0.05, 0.1) is 5.92 Å². The number of H-pyrrole nitrogens is 1. The van der Waals surface area contributed by atoms with Gasteiger partial charge in [-0.25, -0.2) is 0 Å². The van der Waals surface area contributed by atoms with Gasteiger partial charge in [0.1, 0.15) is 6.04 Å². The smallest absolute Gasteiger partial charge is 0.325 e. The molecule has 1 aromatic heterocycles. The molecule has 0 radical (unpaired) electrons. The highest BCUT2D eigenvalue weighted by molar-refractivity contribution is 5.92.